The smallest absolute Gasteiger partial charge is 0.221 e. The molecule has 102 valence electrons. The van der Waals surface area contributed by atoms with E-state index in [1.165, 1.54) is 17.5 Å². The molecule has 1 aromatic carbocycles. The van der Waals surface area contributed by atoms with Crippen LogP contribution >= 0.6 is 0 Å². The van der Waals surface area contributed by atoms with Crippen LogP contribution in [-0.4, -0.2) is 18.5 Å². The molecule has 3 heteroatoms. The van der Waals surface area contributed by atoms with Gasteiger partial charge in [0.1, 0.15) is 0 Å². The Hall–Kier alpha value is -1.35. The Balaban J connectivity index is 1.82. The van der Waals surface area contributed by atoms with Crippen molar-refractivity contribution in [1.82, 2.24) is 10.6 Å². The van der Waals surface area contributed by atoms with E-state index in [0.29, 0.717) is 12.5 Å². The summed E-state index contributed by atoms with van der Waals surface area (Å²) < 4.78 is 0. The highest BCUT2D eigenvalue weighted by atomic mass is 16.1. The lowest BCUT2D eigenvalue weighted by Crippen LogP contribution is -2.39. The maximum Gasteiger partial charge on any atom is 0.221 e. The molecule has 0 bridgehead atoms. The molecule has 1 saturated heterocycles. The van der Waals surface area contributed by atoms with Crippen LogP contribution in [0.15, 0.2) is 24.3 Å². The van der Waals surface area contributed by atoms with Crippen molar-refractivity contribution in [2.75, 3.05) is 6.54 Å². The van der Waals surface area contributed by atoms with Crippen molar-refractivity contribution in [2.24, 2.45) is 0 Å². The van der Waals surface area contributed by atoms with E-state index in [2.05, 4.69) is 48.7 Å². The van der Waals surface area contributed by atoms with Gasteiger partial charge in [-0.05, 0) is 29.4 Å². The third-order valence-corrected chi connectivity index (χ3v) is 4.54. The second kappa shape index (κ2) is 4.64. The standard InChI is InChI=1S/C16H22N2O/c1-16(2)8-7-14(12-5-3-4-6-13(12)16)18-11-9-15(19)17-10-11/h3-6,11,14,18H,7-10H2,1-2H3,(H,17,19). The Morgan fingerprint density at radius 1 is 1.32 bits per heavy atom. The van der Waals surface area contributed by atoms with Gasteiger partial charge in [0.15, 0.2) is 0 Å². The predicted octanol–water partition coefficient (Wildman–Crippen LogP) is 2.28. The van der Waals surface area contributed by atoms with Crippen LogP contribution in [0.3, 0.4) is 0 Å². The summed E-state index contributed by atoms with van der Waals surface area (Å²) in [6.07, 6.45) is 2.95. The van der Waals surface area contributed by atoms with Gasteiger partial charge < -0.3 is 10.6 Å². The fourth-order valence-corrected chi connectivity index (χ4v) is 3.39. The third kappa shape index (κ3) is 2.39. The summed E-state index contributed by atoms with van der Waals surface area (Å²) >= 11 is 0. The molecule has 1 aromatic rings. The fraction of sp³-hybridized carbons (Fsp3) is 0.562. The molecule has 1 aliphatic carbocycles. The zero-order chi connectivity index (χ0) is 13.5. The first-order valence-electron chi connectivity index (χ1n) is 7.18. The van der Waals surface area contributed by atoms with Crippen molar-refractivity contribution < 1.29 is 4.79 Å². The van der Waals surface area contributed by atoms with Gasteiger partial charge in [-0.15, -0.1) is 0 Å². The molecule has 0 radical (unpaired) electrons. The highest BCUT2D eigenvalue weighted by molar-refractivity contribution is 5.78. The molecule has 2 atom stereocenters. The van der Waals surface area contributed by atoms with Crippen LogP contribution in [-0.2, 0) is 10.2 Å². The van der Waals surface area contributed by atoms with Gasteiger partial charge in [0, 0.05) is 25.0 Å². The molecule has 2 N–H and O–H groups in total. The van der Waals surface area contributed by atoms with Gasteiger partial charge in [-0.2, -0.15) is 0 Å². The lowest BCUT2D eigenvalue weighted by Gasteiger charge is -2.38. The summed E-state index contributed by atoms with van der Waals surface area (Å²) in [7, 11) is 0. The van der Waals surface area contributed by atoms with Crippen LogP contribution in [0, 0.1) is 0 Å². The largest absolute Gasteiger partial charge is 0.354 e. The number of carbonyl (C=O) groups excluding carboxylic acids is 1. The van der Waals surface area contributed by atoms with Gasteiger partial charge in [0.05, 0.1) is 0 Å². The molecule has 1 amide bonds. The molecule has 0 spiro atoms. The maximum atomic E-state index is 11.3. The van der Waals surface area contributed by atoms with Crippen LogP contribution in [0.2, 0.25) is 0 Å². The normalized spacial score (nSPS) is 28.8. The third-order valence-electron chi connectivity index (χ3n) is 4.54. The van der Waals surface area contributed by atoms with Crippen LogP contribution < -0.4 is 10.6 Å². The number of hydrogen-bond acceptors (Lipinski definition) is 2. The Kier molecular flexibility index (Phi) is 3.09. The molecule has 19 heavy (non-hydrogen) atoms. The summed E-state index contributed by atoms with van der Waals surface area (Å²) in [4.78, 5) is 11.3. The first-order valence-corrected chi connectivity index (χ1v) is 7.18. The zero-order valence-electron chi connectivity index (χ0n) is 11.7. The van der Waals surface area contributed by atoms with E-state index in [4.69, 9.17) is 0 Å². The van der Waals surface area contributed by atoms with Gasteiger partial charge in [-0.25, -0.2) is 0 Å². The Morgan fingerprint density at radius 3 is 2.84 bits per heavy atom. The summed E-state index contributed by atoms with van der Waals surface area (Å²) in [6, 6.07) is 9.41. The Labute approximate surface area is 114 Å². The molecule has 0 saturated carbocycles. The molecule has 3 nitrogen and oxygen atoms in total. The molecular weight excluding hydrogens is 236 g/mol. The van der Waals surface area contributed by atoms with Crippen LogP contribution in [0.4, 0.5) is 0 Å². The van der Waals surface area contributed by atoms with Gasteiger partial charge in [0.2, 0.25) is 5.91 Å². The van der Waals surface area contributed by atoms with Crippen molar-refractivity contribution in [1.29, 1.82) is 0 Å². The van der Waals surface area contributed by atoms with Crippen molar-refractivity contribution in [3.05, 3.63) is 35.4 Å². The number of hydrogen-bond donors (Lipinski definition) is 2. The molecule has 3 rings (SSSR count). The van der Waals surface area contributed by atoms with Gasteiger partial charge in [-0.1, -0.05) is 38.1 Å². The molecule has 1 aliphatic heterocycles. The van der Waals surface area contributed by atoms with Gasteiger partial charge in [0.25, 0.3) is 0 Å². The molecule has 1 heterocycles. The highest BCUT2D eigenvalue weighted by Crippen LogP contribution is 2.41. The second-order valence-corrected chi connectivity index (χ2v) is 6.43. The summed E-state index contributed by atoms with van der Waals surface area (Å²) in [5.41, 5.74) is 3.13. The number of amides is 1. The van der Waals surface area contributed by atoms with Crippen LogP contribution in [0.5, 0.6) is 0 Å². The van der Waals surface area contributed by atoms with Crippen molar-refractivity contribution in [3.8, 4) is 0 Å². The van der Waals surface area contributed by atoms with Gasteiger partial charge >= 0.3 is 0 Å². The van der Waals surface area contributed by atoms with E-state index in [9.17, 15) is 4.79 Å². The van der Waals surface area contributed by atoms with E-state index in [1.54, 1.807) is 0 Å². The van der Waals surface area contributed by atoms with Crippen molar-refractivity contribution in [3.63, 3.8) is 0 Å². The van der Waals surface area contributed by atoms with E-state index < -0.39 is 0 Å². The second-order valence-electron chi connectivity index (χ2n) is 6.43. The topological polar surface area (TPSA) is 41.1 Å². The number of fused-ring (bicyclic) bond motifs is 1. The minimum atomic E-state index is 0.168. The fourth-order valence-electron chi connectivity index (χ4n) is 3.39. The van der Waals surface area contributed by atoms with E-state index in [-0.39, 0.29) is 17.4 Å². The van der Waals surface area contributed by atoms with Gasteiger partial charge in [-0.3, -0.25) is 4.79 Å². The van der Waals surface area contributed by atoms with Crippen molar-refractivity contribution in [2.45, 2.75) is 50.6 Å². The molecular formula is C16H22N2O. The minimum Gasteiger partial charge on any atom is -0.354 e. The highest BCUT2D eigenvalue weighted by Gasteiger charge is 2.34. The zero-order valence-corrected chi connectivity index (χ0v) is 11.7. The average Bonchev–Trinajstić information content (AvgIpc) is 2.79. The molecule has 2 aliphatic rings. The molecule has 1 fully saturated rings. The number of rotatable bonds is 2. The summed E-state index contributed by atoms with van der Waals surface area (Å²) in [6.45, 7) is 5.41. The Bertz CT molecular complexity index is 495. The van der Waals surface area contributed by atoms with Crippen molar-refractivity contribution >= 4 is 5.91 Å². The number of benzene rings is 1. The SMILES string of the molecule is CC1(C)CCC(NC2CNC(=O)C2)c2ccccc21. The number of nitrogens with one attached hydrogen (secondary N) is 2. The van der Waals surface area contributed by atoms with Crippen LogP contribution in [0.25, 0.3) is 0 Å². The van der Waals surface area contributed by atoms with Crippen LogP contribution in [0.1, 0.15) is 50.3 Å². The Morgan fingerprint density at radius 2 is 2.11 bits per heavy atom. The first kappa shape index (κ1) is 12.7. The molecule has 0 aromatic heterocycles. The summed E-state index contributed by atoms with van der Waals surface area (Å²) in [5.74, 6) is 0.168. The summed E-state index contributed by atoms with van der Waals surface area (Å²) in [5, 5.41) is 6.56. The predicted molar refractivity (Wildman–Crippen MR) is 76.0 cm³/mol. The first-order chi connectivity index (χ1) is 9.06. The maximum absolute atomic E-state index is 11.3. The monoisotopic (exact) mass is 258 g/mol. The quantitative estimate of drug-likeness (QED) is 0.854. The van der Waals surface area contributed by atoms with E-state index >= 15 is 0 Å². The van der Waals surface area contributed by atoms with E-state index in [0.717, 1.165) is 13.0 Å². The lowest BCUT2D eigenvalue weighted by atomic mass is 9.71. The number of carbonyl (C=O) groups is 1. The lowest BCUT2D eigenvalue weighted by molar-refractivity contribution is -0.119. The van der Waals surface area contributed by atoms with E-state index in [1.807, 2.05) is 0 Å². The molecule has 2 unspecified atom stereocenters. The minimum absolute atomic E-state index is 0.168. The average molecular weight is 258 g/mol.